The van der Waals surface area contributed by atoms with Gasteiger partial charge in [0.25, 0.3) is 5.91 Å². The summed E-state index contributed by atoms with van der Waals surface area (Å²) in [6.07, 6.45) is 3.34. The van der Waals surface area contributed by atoms with E-state index in [0.717, 1.165) is 10.9 Å². The van der Waals surface area contributed by atoms with Crippen LogP contribution >= 0.6 is 23.1 Å². The Kier molecular flexibility index (Phi) is 6.24. The number of thioether (sulfide) groups is 1. The van der Waals surface area contributed by atoms with Gasteiger partial charge in [-0.25, -0.2) is 19.3 Å². The predicted molar refractivity (Wildman–Crippen MR) is 130 cm³/mol. The van der Waals surface area contributed by atoms with E-state index < -0.39 is 11.7 Å². The Balaban J connectivity index is 1.39. The van der Waals surface area contributed by atoms with E-state index in [1.54, 1.807) is 29.9 Å². The van der Waals surface area contributed by atoms with Crippen molar-refractivity contribution in [1.82, 2.24) is 15.0 Å². The van der Waals surface area contributed by atoms with Crippen molar-refractivity contribution in [2.45, 2.75) is 10.9 Å². The van der Waals surface area contributed by atoms with E-state index >= 15 is 0 Å². The van der Waals surface area contributed by atoms with Gasteiger partial charge in [0, 0.05) is 40.0 Å². The van der Waals surface area contributed by atoms with Crippen LogP contribution in [0, 0.1) is 5.82 Å². The fraction of sp³-hybridized carbons (Fsp3) is 0.0833. The highest BCUT2D eigenvalue weighted by atomic mass is 32.2. The largest absolute Gasteiger partial charge is 0.494 e. The number of aromatic nitrogens is 3. The summed E-state index contributed by atoms with van der Waals surface area (Å²) in [5, 5.41) is 6.38. The van der Waals surface area contributed by atoms with Crippen molar-refractivity contribution in [1.29, 1.82) is 0 Å². The molecule has 2 aromatic carbocycles. The molecular weight excluding hydrogens is 475 g/mol. The van der Waals surface area contributed by atoms with Gasteiger partial charge in [-0.05, 0) is 30.3 Å². The number of thiazole rings is 1. The van der Waals surface area contributed by atoms with Crippen molar-refractivity contribution >= 4 is 45.1 Å². The monoisotopic (exact) mass is 492 g/mol. The lowest BCUT2D eigenvalue weighted by molar-refractivity contribution is 0.0998. The second kappa shape index (κ2) is 9.62. The Labute approximate surface area is 202 Å². The number of halogens is 1. The molecule has 10 heteroatoms. The van der Waals surface area contributed by atoms with Gasteiger partial charge < -0.3 is 9.15 Å². The van der Waals surface area contributed by atoms with Gasteiger partial charge in [0.05, 0.1) is 12.8 Å². The number of carbonyl (C=O) groups excluding carboxylic acids is 1. The molecule has 0 spiro atoms. The number of amides is 1. The standard InChI is InChI=1S/C24H17FN4O3S2/c1-31-20-8-7-14(11-17(20)25)18-13-34-24(28-18)29-22(30)21-16(12-33-23-26-9-4-10-27-23)15-5-2-3-6-19(15)32-21/h2-11,13H,12H2,1H3,(H,28,29,30). The number of nitrogens with zero attached hydrogens (tertiary/aromatic N) is 3. The van der Waals surface area contributed by atoms with E-state index in [1.165, 1.54) is 42.3 Å². The molecule has 0 saturated heterocycles. The lowest BCUT2D eigenvalue weighted by Crippen LogP contribution is -2.12. The quantitative estimate of drug-likeness (QED) is 0.219. The topological polar surface area (TPSA) is 90.1 Å². The number of hydrogen-bond acceptors (Lipinski definition) is 8. The van der Waals surface area contributed by atoms with Gasteiger partial charge in [-0.15, -0.1) is 11.3 Å². The molecule has 0 unspecified atom stereocenters. The molecule has 1 N–H and O–H groups in total. The fourth-order valence-corrected chi connectivity index (χ4v) is 4.91. The predicted octanol–water partition coefficient (Wildman–Crippen LogP) is 6.04. The molecule has 34 heavy (non-hydrogen) atoms. The van der Waals surface area contributed by atoms with E-state index in [0.29, 0.717) is 32.9 Å². The van der Waals surface area contributed by atoms with Gasteiger partial charge in [0.15, 0.2) is 27.6 Å². The zero-order chi connectivity index (χ0) is 23.5. The summed E-state index contributed by atoms with van der Waals surface area (Å²) in [7, 11) is 1.41. The molecule has 0 fully saturated rings. The number of ether oxygens (including phenoxy) is 1. The Morgan fingerprint density at radius 2 is 2.00 bits per heavy atom. The van der Waals surface area contributed by atoms with Gasteiger partial charge in [-0.2, -0.15) is 0 Å². The molecule has 0 saturated carbocycles. The lowest BCUT2D eigenvalue weighted by atomic mass is 10.1. The second-order valence-corrected chi connectivity index (χ2v) is 8.87. The van der Waals surface area contributed by atoms with Crippen LogP contribution in [0.1, 0.15) is 16.1 Å². The van der Waals surface area contributed by atoms with Crippen LogP contribution in [0.4, 0.5) is 9.52 Å². The molecule has 0 aliphatic carbocycles. The van der Waals surface area contributed by atoms with Crippen LogP contribution in [-0.2, 0) is 5.75 Å². The summed E-state index contributed by atoms with van der Waals surface area (Å²) in [6, 6.07) is 13.8. The van der Waals surface area contributed by atoms with Crippen molar-refractivity contribution in [3.05, 3.63) is 83.4 Å². The van der Waals surface area contributed by atoms with E-state index in [2.05, 4.69) is 20.3 Å². The number of hydrogen-bond donors (Lipinski definition) is 1. The first-order valence-corrected chi connectivity index (χ1v) is 12.0. The maximum Gasteiger partial charge on any atom is 0.293 e. The third kappa shape index (κ3) is 4.50. The second-order valence-electron chi connectivity index (χ2n) is 7.07. The average molecular weight is 493 g/mol. The smallest absolute Gasteiger partial charge is 0.293 e. The summed E-state index contributed by atoms with van der Waals surface area (Å²) < 4.78 is 24.9. The normalized spacial score (nSPS) is 11.0. The summed E-state index contributed by atoms with van der Waals surface area (Å²) in [5.74, 6) is -0.0774. The number of rotatable bonds is 7. The minimum absolute atomic E-state index is 0.156. The maximum absolute atomic E-state index is 14.1. The van der Waals surface area contributed by atoms with Crippen LogP contribution < -0.4 is 10.1 Å². The van der Waals surface area contributed by atoms with Crippen LogP contribution in [0.3, 0.4) is 0 Å². The first kappa shape index (κ1) is 22.1. The lowest BCUT2D eigenvalue weighted by Gasteiger charge is -2.04. The van der Waals surface area contributed by atoms with Gasteiger partial charge in [-0.1, -0.05) is 30.0 Å². The summed E-state index contributed by atoms with van der Waals surface area (Å²) in [4.78, 5) is 26.0. The van der Waals surface area contributed by atoms with Crippen LogP contribution in [-0.4, -0.2) is 28.0 Å². The van der Waals surface area contributed by atoms with E-state index in [4.69, 9.17) is 9.15 Å². The fourth-order valence-electron chi connectivity index (χ4n) is 3.37. The number of fused-ring (bicyclic) bond motifs is 1. The molecule has 0 bridgehead atoms. The molecule has 5 aromatic rings. The zero-order valence-corrected chi connectivity index (χ0v) is 19.5. The van der Waals surface area contributed by atoms with E-state index in [1.807, 2.05) is 24.3 Å². The molecule has 3 heterocycles. The minimum atomic E-state index is -0.481. The Morgan fingerprint density at radius 3 is 2.79 bits per heavy atom. The molecule has 0 radical (unpaired) electrons. The van der Waals surface area contributed by atoms with Crippen LogP contribution in [0.15, 0.2) is 75.9 Å². The molecule has 0 aliphatic rings. The molecule has 1 amide bonds. The SMILES string of the molecule is COc1ccc(-c2csc(NC(=O)c3oc4ccccc4c3CSc3ncccn3)n2)cc1F. The molecule has 0 atom stereocenters. The third-order valence-corrected chi connectivity index (χ3v) is 6.62. The summed E-state index contributed by atoms with van der Waals surface area (Å²) in [6.45, 7) is 0. The molecule has 7 nitrogen and oxygen atoms in total. The number of furan rings is 1. The van der Waals surface area contributed by atoms with Crippen molar-refractivity contribution in [2.24, 2.45) is 0 Å². The first-order chi connectivity index (χ1) is 16.6. The van der Waals surface area contributed by atoms with Crippen LogP contribution in [0.5, 0.6) is 5.75 Å². The zero-order valence-electron chi connectivity index (χ0n) is 17.8. The van der Waals surface area contributed by atoms with E-state index in [-0.39, 0.29) is 11.5 Å². The molecule has 170 valence electrons. The summed E-state index contributed by atoms with van der Waals surface area (Å²) >= 11 is 2.66. The Bertz CT molecular complexity index is 1470. The summed E-state index contributed by atoms with van der Waals surface area (Å²) in [5.41, 5.74) is 2.49. The number of nitrogens with one attached hydrogen (secondary N) is 1. The highest BCUT2D eigenvalue weighted by Crippen LogP contribution is 2.33. The van der Waals surface area contributed by atoms with E-state index in [9.17, 15) is 9.18 Å². The highest BCUT2D eigenvalue weighted by Gasteiger charge is 2.22. The van der Waals surface area contributed by atoms with Gasteiger partial charge >= 0.3 is 0 Å². The number of anilines is 1. The van der Waals surface area contributed by atoms with Crippen molar-refractivity contribution in [2.75, 3.05) is 12.4 Å². The molecular formula is C24H17FN4O3S2. The molecule has 0 aliphatic heterocycles. The van der Waals surface area contributed by atoms with Crippen molar-refractivity contribution in [3.63, 3.8) is 0 Å². The molecule has 5 rings (SSSR count). The third-order valence-electron chi connectivity index (χ3n) is 4.96. The van der Waals surface area contributed by atoms with Crippen molar-refractivity contribution < 1.29 is 18.3 Å². The first-order valence-electron chi connectivity index (χ1n) is 10.1. The van der Waals surface area contributed by atoms with Crippen LogP contribution in [0.25, 0.3) is 22.2 Å². The minimum Gasteiger partial charge on any atom is -0.494 e. The van der Waals surface area contributed by atoms with Crippen LogP contribution in [0.2, 0.25) is 0 Å². The molecule has 3 aromatic heterocycles. The van der Waals surface area contributed by atoms with Gasteiger partial charge in [0.1, 0.15) is 5.58 Å². The van der Waals surface area contributed by atoms with Gasteiger partial charge in [-0.3, -0.25) is 10.1 Å². The number of para-hydroxylation sites is 1. The highest BCUT2D eigenvalue weighted by molar-refractivity contribution is 7.98. The number of benzene rings is 2. The average Bonchev–Trinajstić information content (AvgIpc) is 3.48. The maximum atomic E-state index is 14.1. The number of carbonyl (C=O) groups is 1. The van der Waals surface area contributed by atoms with Crippen molar-refractivity contribution in [3.8, 4) is 17.0 Å². The Morgan fingerprint density at radius 1 is 1.18 bits per heavy atom. The number of methoxy groups -OCH3 is 1. The Hall–Kier alpha value is -3.76. The van der Waals surface area contributed by atoms with Gasteiger partial charge in [0.2, 0.25) is 0 Å².